The maximum atomic E-state index is 11.2. The van der Waals surface area contributed by atoms with Crippen molar-refractivity contribution in [3.8, 4) is 0 Å². The van der Waals surface area contributed by atoms with E-state index in [1.165, 1.54) is 14.0 Å². The van der Waals surface area contributed by atoms with Crippen LogP contribution in [-0.4, -0.2) is 35.2 Å². The number of alkyl carbamates (subject to hydrolysis) is 1. The predicted molar refractivity (Wildman–Crippen MR) is 88.5 cm³/mol. The van der Waals surface area contributed by atoms with Crippen molar-refractivity contribution in [2.45, 2.75) is 26.7 Å². The van der Waals surface area contributed by atoms with E-state index in [1.807, 2.05) is 30.3 Å². The van der Waals surface area contributed by atoms with Gasteiger partial charge >= 0.3 is 20.7 Å². The second kappa shape index (κ2) is 12.4. The van der Waals surface area contributed by atoms with Gasteiger partial charge in [0.2, 0.25) is 0 Å². The molecular weight excluding hydrogens is 337 g/mol. The summed E-state index contributed by atoms with van der Waals surface area (Å²) >= 11 is 0. The molecule has 1 amide bonds. The summed E-state index contributed by atoms with van der Waals surface area (Å²) in [4.78, 5) is 38.5. The van der Waals surface area contributed by atoms with Gasteiger partial charge < -0.3 is 19.3 Å². The predicted octanol–water partition coefficient (Wildman–Crippen LogP) is 2.22. The highest BCUT2D eigenvalue weighted by Gasteiger charge is 2.12. The van der Waals surface area contributed by atoms with Gasteiger partial charge in [-0.15, -0.1) is 0 Å². The molecule has 1 unspecified atom stereocenters. The number of methoxy groups -OCH3 is 1. The van der Waals surface area contributed by atoms with Crippen molar-refractivity contribution in [3.63, 3.8) is 0 Å². The molecule has 0 fully saturated rings. The minimum atomic E-state index is -2.49. The monoisotopic (exact) mass is 359 g/mol. The summed E-state index contributed by atoms with van der Waals surface area (Å²) in [6.45, 7) is 6.56. The van der Waals surface area contributed by atoms with Crippen LogP contribution in [-0.2, 0) is 25.4 Å². The fourth-order valence-electron chi connectivity index (χ4n) is 1.27. The fourth-order valence-corrected chi connectivity index (χ4v) is 1.61. The number of esters is 1. The zero-order chi connectivity index (χ0) is 18.5. The Hall–Kier alpha value is -1.99. The van der Waals surface area contributed by atoms with E-state index >= 15 is 0 Å². The molecule has 0 aromatic heterocycles. The lowest BCUT2D eigenvalue weighted by Crippen LogP contribution is -2.33. The van der Waals surface area contributed by atoms with E-state index in [9.17, 15) is 9.59 Å². The number of ether oxygens (including phenoxy) is 2. The van der Waals surface area contributed by atoms with Crippen molar-refractivity contribution >= 4 is 20.7 Å². The van der Waals surface area contributed by atoms with Gasteiger partial charge in [-0.2, -0.15) is 0 Å². The SMILES string of the molecule is C=C(C)C(=O)OC.CC(NC(=O)OCc1ccccc1)OP(O)O. The van der Waals surface area contributed by atoms with Crippen LogP contribution in [0.2, 0.25) is 0 Å². The third-order valence-electron chi connectivity index (χ3n) is 2.32. The number of hydrogen-bond acceptors (Lipinski definition) is 7. The Morgan fingerprint density at radius 3 is 2.29 bits per heavy atom. The maximum Gasteiger partial charge on any atom is 0.409 e. The molecular formula is C15H22NO7P. The molecule has 0 heterocycles. The molecule has 0 radical (unpaired) electrons. The Bertz CT molecular complexity index is 522. The first-order chi connectivity index (χ1) is 11.3. The van der Waals surface area contributed by atoms with Crippen LogP contribution in [0.4, 0.5) is 4.79 Å². The number of carbonyl (C=O) groups excluding carboxylic acids is 2. The number of amides is 1. The molecule has 0 saturated heterocycles. The van der Waals surface area contributed by atoms with Crippen molar-refractivity contribution in [1.82, 2.24) is 5.32 Å². The van der Waals surface area contributed by atoms with Crippen LogP contribution < -0.4 is 5.32 Å². The van der Waals surface area contributed by atoms with Gasteiger partial charge in [0, 0.05) is 5.57 Å². The van der Waals surface area contributed by atoms with Crippen LogP contribution in [0.1, 0.15) is 19.4 Å². The summed E-state index contributed by atoms with van der Waals surface area (Å²) in [6.07, 6.45) is -1.50. The Balaban J connectivity index is 0.000000640. The van der Waals surface area contributed by atoms with Gasteiger partial charge in [-0.3, -0.25) is 9.84 Å². The Kier molecular flexibility index (Phi) is 11.4. The lowest BCUT2D eigenvalue weighted by molar-refractivity contribution is -0.136. The molecule has 24 heavy (non-hydrogen) atoms. The number of rotatable bonds is 6. The van der Waals surface area contributed by atoms with E-state index in [0.717, 1.165) is 5.56 Å². The molecule has 1 aromatic rings. The highest BCUT2D eigenvalue weighted by atomic mass is 31.2. The third kappa shape index (κ3) is 11.6. The standard InChI is InChI=1S/C10H14NO5P.C5H8O2/c1-8(16-17(13)14)11-10(12)15-7-9-5-3-2-4-6-9;1-4(2)5(6)7-3/h2-6,8,13-14H,7H2,1H3,(H,11,12);1H2,2-3H3. The minimum Gasteiger partial charge on any atom is -0.466 e. The van der Waals surface area contributed by atoms with Crippen LogP contribution in [0.5, 0.6) is 0 Å². The molecule has 0 aliphatic rings. The highest BCUT2D eigenvalue weighted by molar-refractivity contribution is 7.39. The van der Waals surface area contributed by atoms with Crippen molar-refractivity contribution in [3.05, 3.63) is 48.0 Å². The van der Waals surface area contributed by atoms with Crippen molar-refractivity contribution in [2.24, 2.45) is 0 Å². The van der Waals surface area contributed by atoms with Crippen molar-refractivity contribution in [2.75, 3.05) is 7.11 Å². The molecule has 3 N–H and O–H groups in total. The summed E-state index contributed by atoms with van der Waals surface area (Å²) in [5, 5.41) is 2.29. The molecule has 0 spiro atoms. The van der Waals surface area contributed by atoms with Gasteiger partial charge in [0.25, 0.3) is 0 Å². The van der Waals surface area contributed by atoms with Crippen molar-refractivity contribution < 1.29 is 33.4 Å². The quantitative estimate of drug-likeness (QED) is 0.309. The van der Waals surface area contributed by atoms with Gasteiger partial charge in [0.1, 0.15) is 12.8 Å². The Morgan fingerprint density at radius 2 is 1.88 bits per heavy atom. The second-order valence-corrected chi connectivity index (χ2v) is 5.19. The van der Waals surface area contributed by atoms with E-state index < -0.39 is 20.9 Å². The molecule has 0 bridgehead atoms. The lowest BCUT2D eigenvalue weighted by atomic mass is 10.2. The van der Waals surface area contributed by atoms with E-state index in [-0.39, 0.29) is 12.6 Å². The molecule has 0 aliphatic carbocycles. The average Bonchev–Trinajstić information content (AvgIpc) is 2.52. The Morgan fingerprint density at radius 1 is 1.29 bits per heavy atom. The second-order valence-electron chi connectivity index (χ2n) is 4.48. The summed E-state index contributed by atoms with van der Waals surface area (Å²) in [5.74, 6) is -0.347. The maximum absolute atomic E-state index is 11.2. The Labute approximate surface area is 142 Å². The molecule has 1 rings (SSSR count). The highest BCUT2D eigenvalue weighted by Crippen LogP contribution is 2.25. The third-order valence-corrected chi connectivity index (χ3v) is 2.82. The molecule has 1 atom stereocenters. The number of benzene rings is 1. The van der Waals surface area contributed by atoms with E-state index in [4.69, 9.17) is 14.5 Å². The van der Waals surface area contributed by atoms with Crippen LogP contribution in [0, 0.1) is 0 Å². The first-order valence-electron chi connectivity index (χ1n) is 6.82. The van der Waals surface area contributed by atoms with E-state index in [2.05, 4.69) is 21.2 Å². The van der Waals surface area contributed by atoms with Crippen LogP contribution in [0.15, 0.2) is 42.5 Å². The summed E-state index contributed by atoms with van der Waals surface area (Å²) in [6, 6.07) is 9.20. The number of hydrogen-bond donors (Lipinski definition) is 3. The number of carbonyl (C=O) groups is 2. The average molecular weight is 359 g/mol. The summed E-state index contributed by atoms with van der Waals surface area (Å²) in [5.41, 5.74) is 1.30. The lowest BCUT2D eigenvalue weighted by Gasteiger charge is -2.14. The molecule has 1 aromatic carbocycles. The fraction of sp³-hybridized carbons (Fsp3) is 0.333. The van der Waals surface area contributed by atoms with Crippen LogP contribution in [0.25, 0.3) is 0 Å². The normalized spacial score (nSPS) is 10.9. The molecule has 134 valence electrons. The van der Waals surface area contributed by atoms with Gasteiger partial charge in [0.15, 0.2) is 0 Å². The molecule has 0 saturated carbocycles. The largest absolute Gasteiger partial charge is 0.466 e. The van der Waals surface area contributed by atoms with Gasteiger partial charge in [0.05, 0.1) is 7.11 Å². The minimum absolute atomic E-state index is 0.145. The van der Waals surface area contributed by atoms with Gasteiger partial charge in [-0.1, -0.05) is 36.9 Å². The first-order valence-corrected chi connectivity index (χ1v) is 7.98. The van der Waals surface area contributed by atoms with Gasteiger partial charge in [-0.25, -0.2) is 9.59 Å². The molecule has 8 nitrogen and oxygen atoms in total. The zero-order valence-electron chi connectivity index (χ0n) is 13.8. The summed E-state index contributed by atoms with van der Waals surface area (Å²) in [7, 11) is -1.16. The summed E-state index contributed by atoms with van der Waals surface area (Å²) < 4.78 is 13.7. The van der Waals surface area contributed by atoms with Crippen LogP contribution >= 0.6 is 8.60 Å². The van der Waals surface area contributed by atoms with Crippen LogP contribution in [0.3, 0.4) is 0 Å². The van der Waals surface area contributed by atoms with Gasteiger partial charge in [-0.05, 0) is 19.4 Å². The van der Waals surface area contributed by atoms with E-state index in [0.29, 0.717) is 5.57 Å². The van der Waals surface area contributed by atoms with Crippen molar-refractivity contribution in [1.29, 1.82) is 0 Å². The van der Waals surface area contributed by atoms with E-state index in [1.54, 1.807) is 6.92 Å². The zero-order valence-corrected chi connectivity index (χ0v) is 14.7. The first kappa shape index (κ1) is 22.0. The topological polar surface area (TPSA) is 114 Å². The molecule has 0 aliphatic heterocycles. The number of nitrogens with one attached hydrogen (secondary N) is 1. The molecule has 9 heteroatoms. The smallest absolute Gasteiger partial charge is 0.409 e.